The third-order valence-corrected chi connectivity index (χ3v) is 7.19. The van der Waals surface area contributed by atoms with Crippen molar-refractivity contribution in [2.45, 2.75) is 37.6 Å². The molecule has 0 bridgehead atoms. The molecule has 2 N–H and O–H groups in total. The van der Waals surface area contributed by atoms with E-state index in [1.807, 2.05) is 32.0 Å². The number of furan rings is 1. The molecule has 1 aromatic heterocycles. The summed E-state index contributed by atoms with van der Waals surface area (Å²) in [6.45, 7) is 7.21. The van der Waals surface area contributed by atoms with Gasteiger partial charge in [0, 0.05) is 17.5 Å². The Labute approximate surface area is 199 Å². The SMILES string of the molecule is Cc1ccc(S(=O)(=O)NCc2ccco2)cc1C(=O)NCC(C)(C)c1ccc2c(c1)OCCO2. The first-order chi connectivity index (χ1) is 16.2. The van der Waals surface area contributed by atoms with Crippen LogP contribution in [-0.4, -0.2) is 34.1 Å². The second kappa shape index (κ2) is 9.52. The Morgan fingerprint density at radius 2 is 1.79 bits per heavy atom. The van der Waals surface area contributed by atoms with Crippen LogP contribution in [0, 0.1) is 6.92 Å². The van der Waals surface area contributed by atoms with Gasteiger partial charge in [0.2, 0.25) is 10.0 Å². The summed E-state index contributed by atoms with van der Waals surface area (Å²) in [7, 11) is -3.82. The smallest absolute Gasteiger partial charge is 0.251 e. The normalized spacial score (nSPS) is 13.5. The second-order valence-electron chi connectivity index (χ2n) is 8.81. The summed E-state index contributed by atoms with van der Waals surface area (Å²) in [5.74, 6) is 1.56. The van der Waals surface area contributed by atoms with Gasteiger partial charge >= 0.3 is 0 Å². The first kappa shape index (κ1) is 23.8. The molecule has 0 unspecified atom stereocenters. The summed E-state index contributed by atoms with van der Waals surface area (Å²) >= 11 is 0. The topological polar surface area (TPSA) is 107 Å². The minimum absolute atomic E-state index is 0.0147. The van der Waals surface area contributed by atoms with Crippen LogP contribution in [0.1, 0.15) is 41.1 Å². The molecule has 0 saturated carbocycles. The number of ether oxygens (including phenoxy) is 2. The van der Waals surface area contributed by atoms with Crippen LogP contribution in [0.2, 0.25) is 0 Å². The van der Waals surface area contributed by atoms with Gasteiger partial charge in [-0.2, -0.15) is 0 Å². The molecule has 1 aliphatic rings. The first-order valence-corrected chi connectivity index (χ1v) is 12.4. The minimum atomic E-state index is -3.82. The summed E-state index contributed by atoms with van der Waals surface area (Å²) in [6, 6.07) is 13.6. The number of rotatable bonds is 8. The van der Waals surface area contributed by atoms with Crippen molar-refractivity contribution in [3.63, 3.8) is 0 Å². The first-order valence-electron chi connectivity index (χ1n) is 11.0. The predicted octanol–water partition coefficient (Wildman–Crippen LogP) is 3.55. The highest BCUT2D eigenvalue weighted by Gasteiger charge is 2.25. The fraction of sp³-hybridized carbons (Fsp3) is 0.320. The van der Waals surface area contributed by atoms with E-state index in [-0.39, 0.29) is 17.3 Å². The van der Waals surface area contributed by atoms with Gasteiger partial charge in [0.25, 0.3) is 5.91 Å². The maximum absolute atomic E-state index is 13.0. The summed E-state index contributed by atoms with van der Waals surface area (Å²) in [5.41, 5.74) is 1.58. The van der Waals surface area contributed by atoms with E-state index < -0.39 is 15.4 Å². The van der Waals surface area contributed by atoms with E-state index in [2.05, 4.69) is 10.0 Å². The Morgan fingerprint density at radius 1 is 1.03 bits per heavy atom. The van der Waals surface area contributed by atoms with Gasteiger partial charge < -0.3 is 19.2 Å². The number of amides is 1. The second-order valence-corrected chi connectivity index (χ2v) is 10.6. The standard InChI is InChI=1S/C25H28N2O6S/c1-17-6-8-20(34(29,30)27-15-19-5-4-10-31-19)14-21(17)24(28)26-16-25(2,3)18-7-9-22-23(13-18)33-12-11-32-22/h4-10,13-14,27H,11-12,15-16H2,1-3H3,(H,26,28). The van der Waals surface area contributed by atoms with E-state index in [0.29, 0.717) is 48.1 Å². The number of sulfonamides is 1. The number of benzene rings is 2. The van der Waals surface area contributed by atoms with Gasteiger partial charge in [-0.3, -0.25) is 4.79 Å². The van der Waals surface area contributed by atoms with Crippen LogP contribution >= 0.6 is 0 Å². The molecule has 0 saturated heterocycles. The summed E-state index contributed by atoms with van der Waals surface area (Å²) in [6.07, 6.45) is 1.48. The minimum Gasteiger partial charge on any atom is -0.486 e. The molecular formula is C25H28N2O6S. The van der Waals surface area contributed by atoms with Crippen molar-refractivity contribution >= 4 is 15.9 Å². The van der Waals surface area contributed by atoms with Gasteiger partial charge in [-0.25, -0.2) is 13.1 Å². The molecule has 1 aliphatic heterocycles. The summed E-state index contributed by atoms with van der Waals surface area (Å²) < 4.78 is 44.4. The van der Waals surface area contributed by atoms with Crippen LogP contribution in [0.25, 0.3) is 0 Å². The van der Waals surface area contributed by atoms with E-state index in [1.54, 1.807) is 25.1 Å². The van der Waals surface area contributed by atoms with Crippen LogP contribution in [0.5, 0.6) is 11.5 Å². The number of aryl methyl sites for hydroxylation is 1. The molecule has 180 valence electrons. The van der Waals surface area contributed by atoms with Gasteiger partial charge in [-0.15, -0.1) is 0 Å². The zero-order valence-electron chi connectivity index (χ0n) is 19.4. The van der Waals surface area contributed by atoms with Crippen molar-refractivity contribution in [2.24, 2.45) is 0 Å². The van der Waals surface area contributed by atoms with E-state index >= 15 is 0 Å². The number of fused-ring (bicyclic) bond motifs is 1. The maximum atomic E-state index is 13.0. The highest BCUT2D eigenvalue weighted by molar-refractivity contribution is 7.89. The molecule has 0 radical (unpaired) electrons. The van der Waals surface area contributed by atoms with Crippen molar-refractivity contribution in [3.05, 3.63) is 77.2 Å². The number of hydrogen-bond acceptors (Lipinski definition) is 6. The van der Waals surface area contributed by atoms with Crippen molar-refractivity contribution in [3.8, 4) is 11.5 Å². The lowest BCUT2D eigenvalue weighted by molar-refractivity contribution is 0.0944. The van der Waals surface area contributed by atoms with Crippen molar-refractivity contribution in [1.29, 1.82) is 0 Å². The van der Waals surface area contributed by atoms with Gasteiger partial charge in [-0.05, 0) is 54.4 Å². The highest BCUT2D eigenvalue weighted by Crippen LogP contribution is 2.35. The van der Waals surface area contributed by atoms with E-state index in [0.717, 1.165) is 5.56 Å². The molecule has 8 nitrogen and oxygen atoms in total. The molecule has 1 amide bonds. The van der Waals surface area contributed by atoms with Crippen LogP contribution < -0.4 is 19.5 Å². The number of carbonyl (C=O) groups excluding carboxylic acids is 1. The quantitative estimate of drug-likeness (QED) is 0.507. The fourth-order valence-corrected chi connectivity index (χ4v) is 4.66. The monoisotopic (exact) mass is 484 g/mol. The zero-order valence-corrected chi connectivity index (χ0v) is 20.2. The molecule has 2 heterocycles. The van der Waals surface area contributed by atoms with Crippen LogP contribution in [0.3, 0.4) is 0 Å². The van der Waals surface area contributed by atoms with Gasteiger partial charge in [-0.1, -0.05) is 26.0 Å². The molecule has 2 aromatic carbocycles. The Balaban J connectivity index is 1.46. The maximum Gasteiger partial charge on any atom is 0.251 e. The van der Waals surface area contributed by atoms with E-state index in [4.69, 9.17) is 13.9 Å². The van der Waals surface area contributed by atoms with E-state index in [1.165, 1.54) is 18.4 Å². The number of nitrogens with one attached hydrogen (secondary N) is 2. The van der Waals surface area contributed by atoms with Crippen LogP contribution in [-0.2, 0) is 22.0 Å². The molecule has 0 fully saturated rings. The number of hydrogen-bond donors (Lipinski definition) is 2. The highest BCUT2D eigenvalue weighted by atomic mass is 32.2. The van der Waals surface area contributed by atoms with Crippen molar-refractivity contribution in [2.75, 3.05) is 19.8 Å². The van der Waals surface area contributed by atoms with E-state index in [9.17, 15) is 13.2 Å². The van der Waals surface area contributed by atoms with Gasteiger partial charge in [0.1, 0.15) is 19.0 Å². The third kappa shape index (κ3) is 5.26. The van der Waals surface area contributed by atoms with Crippen LogP contribution in [0.4, 0.5) is 0 Å². The molecular weight excluding hydrogens is 456 g/mol. The molecule has 3 aromatic rings. The predicted molar refractivity (Wildman–Crippen MR) is 127 cm³/mol. The summed E-state index contributed by atoms with van der Waals surface area (Å²) in [4.78, 5) is 13.0. The lowest BCUT2D eigenvalue weighted by Crippen LogP contribution is -2.37. The summed E-state index contributed by atoms with van der Waals surface area (Å²) in [5, 5.41) is 2.95. The fourth-order valence-electron chi connectivity index (χ4n) is 3.64. The van der Waals surface area contributed by atoms with Crippen molar-refractivity contribution in [1.82, 2.24) is 10.0 Å². The Kier molecular flexibility index (Phi) is 6.67. The average molecular weight is 485 g/mol. The molecule has 0 atom stereocenters. The van der Waals surface area contributed by atoms with Crippen molar-refractivity contribution < 1.29 is 27.1 Å². The third-order valence-electron chi connectivity index (χ3n) is 5.80. The molecule has 0 aliphatic carbocycles. The lowest BCUT2D eigenvalue weighted by Gasteiger charge is -2.28. The van der Waals surface area contributed by atoms with Gasteiger partial charge in [0.05, 0.1) is 17.7 Å². The lowest BCUT2D eigenvalue weighted by atomic mass is 9.84. The Hall–Kier alpha value is -3.30. The zero-order chi connectivity index (χ0) is 24.3. The average Bonchev–Trinajstić information content (AvgIpc) is 3.35. The molecule has 4 rings (SSSR count). The number of carbonyl (C=O) groups is 1. The largest absolute Gasteiger partial charge is 0.486 e. The van der Waals surface area contributed by atoms with Gasteiger partial charge in [0.15, 0.2) is 11.5 Å². The molecule has 9 heteroatoms. The molecule has 34 heavy (non-hydrogen) atoms. The molecule has 0 spiro atoms. The Morgan fingerprint density at radius 3 is 2.53 bits per heavy atom. The van der Waals surface area contributed by atoms with Crippen LogP contribution in [0.15, 0.2) is 64.1 Å². The Bertz CT molecular complexity index is 1280.